The molecule has 2 unspecified atom stereocenters. The van der Waals surface area contributed by atoms with E-state index >= 15 is 0 Å². The quantitative estimate of drug-likeness (QED) is 0.165. The topological polar surface area (TPSA) is 297 Å². The molecule has 4 rings (SSSR count). The molecular formula is C16H23N5O14P2-2. The number of nitrogens with one attached hydrogen (secondary N) is 1. The number of nitrogens with two attached hydrogens (primary N) is 1. The molecule has 2 saturated heterocycles. The van der Waals surface area contributed by atoms with E-state index < -0.39 is 77.0 Å². The molecule has 2 aromatic heterocycles. The molecule has 0 saturated carbocycles. The number of hydrogen-bond donors (Lipinski definition) is 6. The highest BCUT2D eigenvalue weighted by Gasteiger charge is 2.45. The number of hydrogen-bond acceptors (Lipinski definition) is 17. The van der Waals surface area contributed by atoms with E-state index in [0.29, 0.717) is 0 Å². The number of aliphatic hydroxyl groups excluding tert-OH is 4. The number of phosphoric acid groups is 2. The molecule has 208 valence electrons. The molecule has 2 fully saturated rings. The monoisotopic (exact) mass is 571 g/mol. The van der Waals surface area contributed by atoms with Gasteiger partial charge in [-0.15, -0.1) is 0 Å². The molecule has 37 heavy (non-hydrogen) atoms. The molecular weight excluding hydrogens is 548 g/mol. The minimum absolute atomic E-state index is 0.102. The van der Waals surface area contributed by atoms with Gasteiger partial charge in [0.15, 0.2) is 23.7 Å². The van der Waals surface area contributed by atoms with Crippen LogP contribution in [0.3, 0.4) is 0 Å². The van der Waals surface area contributed by atoms with Gasteiger partial charge in [0.2, 0.25) is 5.95 Å². The first-order valence-corrected chi connectivity index (χ1v) is 13.5. The van der Waals surface area contributed by atoms with Crippen molar-refractivity contribution in [2.45, 2.75) is 62.5 Å². The third kappa shape index (κ3) is 6.10. The molecule has 4 heterocycles. The number of rotatable bonds is 8. The average Bonchev–Trinajstić information content (AvgIpc) is 3.31. The number of aromatic nitrogens is 4. The summed E-state index contributed by atoms with van der Waals surface area (Å²) in [5.41, 5.74) is 4.58. The summed E-state index contributed by atoms with van der Waals surface area (Å²) < 4.78 is 48.6. The molecule has 21 heteroatoms. The second-order valence-corrected chi connectivity index (χ2v) is 11.2. The normalized spacial score (nSPS) is 35.9. The average molecular weight is 571 g/mol. The van der Waals surface area contributed by atoms with E-state index in [0.717, 1.165) is 10.9 Å². The third-order valence-corrected chi connectivity index (χ3v) is 8.11. The van der Waals surface area contributed by atoms with Gasteiger partial charge in [-0.05, 0) is 6.92 Å². The molecule has 7 N–H and O–H groups in total. The van der Waals surface area contributed by atoms with Crippen LogP contribution in [0, 0.1) is 0 Å². The fourth-order valence-corrected chi connectivity index (χ4v) is 5.82. The summed E-state index contributed by atoms with van der Waals surface area (Å²) in [5.74, 6) is -0.266. The van der Waals surface area contributed by atoms with Crippen LogP contribution < -0.4 is 21.1 Å². The Hall–Kier alpha value is -1.83. The Bertz CT molecular complexity index is 1290. The van der Waals surface area contributed by atoms with Crippen LogP contribution in [0.5, 0.6) is 0 Å². The number of fused-ring (bicyclic) bond motifs is 1. The molecule has 2 aromatic rings. The van der Waals surface area contributed by atoms with Gasteiger partial charge in [0.1, 0.15) is 24.4 Å². The van der Waals surface area contributed by atoms with Gasteiger partial charge < -0.3 is 49.9 Å². The number of aromatic amines is 1. The second kappa shape index (κ2) is 10.4. The molecule has 0 radical (unpaired) electrons. The number of imidazole rings is 1. The van der Waals surface area contributed by atoms with Crippen molar-refractivity contribution in [3.8, 4) is 0 Å². The van der Waals surface area contributed by atoms with Gasteiger partial charge in [-0.1, -0.05) is 0 Å². The van der Waals surface area contributed by atoms with E-state index in [1.54, 1.807) is 0 Å². The maximum absolute atomic E-state index is 12.1. The lowest BCUT2D eigenvalue weighted by Gasteiger charge is -2.39. The van der Waals surface area contributed by atoms with E-state index in [4.69, 9.17) is 15.2 Å². The van der Waals surface area contributed by atoms with Crippen LogP contribution in [0.2, 0.25) is 0 Å². The predicted molar refractivity (Wildman–Crippen MR) is 113 cm³/mol. The largest absolute Gasteiger partial charge is 0.756 e. The highest BCUT2D eigenvalue weighted by atomic mass is 31.3. The number of anilines is 1. The summed E-state index contributed by atoms with van der Waals surface area (Å²) in [4.78, 5) is 46.1. The molecule has 2 aliphatic heterocycles. The van der Waals surface area contributed by atoms with Crippen LogP contribution in [0.25, 0.3) is 11.2 Å². The van der Waals surface area contributed by atoms with Gasteiger partial charge in [-0.2, -0.15) is 4.98 Å². The van der Waals surface area contributed by atoms with Gasteiger partial charge in [-0.3, -0.25) is 28.0 Å². The molecule has 0 amide bonds. The van der Waals surface area contributed by atoms with Crippen LogP contribution in [-0.2, 0) is 32.0 Å². The maximum atomic E-state index is 12.1. The van der Waals surface area contributed by atoms with Gasteiger partial charge in [0, 0.05) is 6.42 Å². The van der Waals surface area contributed by atoms with Crippen LogP contribution in [-0.4, -0.2) is 89.5 Å². The molecule has 10 atom stereocenters. The summed E-state index contributed by atoms with van der Waals surface area (Å²) in [5, 5.41) is 40.1. The van der Waals surface area contributed by atoms with Crippen molar-refractivity contribution in [2.24, 2.45) is 0 Å². The van der Waals surface area contributed by atoms with Crippen LogP contribution in [0.4, 0.5) is 5.95 Å². The van der Waals surface area contributed by atoms with Crippen LogP contribution in [0.1, 0.15) is 19.6 Å². The Morgan fingerprint density at radius 3 is 2.59 bits per heavy atom. The van der Waals surface area contributed by atoms with Crippen molar-refractivity contribution in [3.63, 3.8) is 0 Å². The Balaban J connectivity index is 1.39. The van der Waals surface area contributed by atoms with Gasteiger partial charge in [-0.25, -0.2) is 9.29 Å². The number of phosphoric ester groups is 2. The zero-order valence-electron chi connectivity index (χ0n) is 18.8. The summed E-state index contributed by atoms with van der Waals surface area (Å²) >= 11 is 0. The Kier molecular flexibility index (Phi) is 7.91. The molecule has 0 aliphatic carbocycles. The first-order valence-electron chi connectivity index (χ1n) is 10.6. The molecule has 0 bridgehead atoms. The summed E-state index contributed by atoms with van der Waals surface area (Å²) in [6.45, 7) is 0.361. The summed E-state index contributed by atoms with van der Waals surface area (Å²) in [6.07, 6.45) is -11.1. The second-order valence-electron chi connectivity index (χ2n) is 8.28. The van der Waals surface area contributed by atoms with Crippen LogP contribution in [0.15, 0.2) is 11.1 Å². The molecule has 19 nitrogen and oxygen atoms in total. The zero-order chi connectivity index (χ0) is 27.3. The maximum Gasteiger partial charge on any atom is 0.280 e. The first kappa shape index (κ1) is 28.2. The van der Waals surface area contributed by atoms with Gasteiger partial charge in [0.25, 0.3) is 21.2 Å². The van der Waals surface area contributed by atoms with E-state index in [2.05, 4.69) is 28.3 Å². The predicted octanol–water partition coefficient (Wildman–Crippen LogP) is -3.84. The Labute approximate surface area is 206 Å². The fraction of sp³-hybridized carbons (Fsp3) is 0.688. The lowest BCUT2D eigenvalue weighted by Crippen LogP contribution is -2.47. The van der Waals surface area contributed by atoms with E-state index in [1.165, 1.54) is 6.92 Å². The highest BCUT2D eigenvalue weighted by Crippen LogP contribution is 2.57. The van der Waals surface area contributed by atoms with Crippen LogP contribution >= 0.6 is 15.6 Å². The number of H-pyrrole nitrogens is 1. The van der Waals surface area contributed by atoms with Crippen molar-refractivity contribution in [1.82, 2.24) is 19.5 Å². The molecule has 0 aromatic carbocycles. The standard InChI is InChI=1S/C16H25N5O14P2/c1-5-6(22)2-7(23)15(32-5)34-37(29,30)35-36(27,28)31-3-8-10(24)11(25)14(33-8)21-4-18-9-12(21)19-16(17)20-13(9)26/h4-8,10-11,14-15,22-25H,2-3H2,1H3,(H,27,28)(H,29,30)(H3,17,19,20,26)/p-2/t5-,6-,7-,8+,10+,11+,14+,15+/m0/s1. The molecule has 2 aliphatic rings. The SMILES string of the molecule is C[C@@H]1O[C@H](OP(=O)([O-])OP(=O)([O-])OC[C@H]2O[C@@H](n3cnc4c(=O)[nH]c(N)nc43)[C@H](O)[C@@H]2O)[C@@H](O)C[C@@H]1O. The lowest BCUT2D eigenvalue weighted by atomic mass is 10.0. The molecule has 0 spiro atoms. The zero-order valence-corrected chi connectivity index (χ0v) is 20.6. The van der Waals surface area contributed by atoms with Crippen molar-refractivity contribution in [3.05, 3.63) is 16.7 Å². The third-order valence-electron chi connectivity index (χ3n) is 5.58. The number of nitrogens with zero attached hydrogens (tertiary/aromatic N) is 3. The van der Waals surface area contributed by atoms with Crippen molar-refractivity contribution in [2.75, 3.05) is 12.3 Å². The number of ether oxygens (including phenoxy) is 2. The fourth-order valence-electron chi connectivity index (χ4n) is 3.72. The van der Waals surface area contributed by atoms with Gasteiger partial charge in [0.05, 0.1) is 25.1 Å². The van der Waals surface area contributed by atoms with E-state index in [1.807, 2.05) is 0 Å². The smallest absolute Gasteiger partial charge is 0.280 e. The van der Waals surface area contributed by atoms with Crippen molar-refractivity contribution < 1.29 is 62.2 Å². The summed E-state index contributed by atoms with van der Waals surface area (Å²) in [7, 11) is -11.3. The number of aliphatic hydroxyl groups is 4. The summed E-state index contributed by atoms with van der Waals surface area (Å²) in [6, 6.07) is 0. The Morgan fingerprint density at radius 2 is 1.89 bits per heavy atom. The lowest BCUT2D eigenvalue weighted by molar-refractivity contribution is -0.281. The van der Waals surface area contributed by atoms with E-state index in [-0.39, 0.29) is 23.5 Å². The first-order chi connectivity index (χ1) is 17.2. The minimum Gasteiger partial charge on any atom is -0.756 e. The van der Waals surface area contributed by atoms with Crippen molar-refractivity contribution >= 4 is 32.8 Å². The van der Waals surface area contributed by atoms with E-state index in [9.17, 15) is 44.1 Å². The minimum atomic E-state index is -5.68. The number of nitrogen functional groups attached to an aromatic ring is 1. The Morgan fingerprint density at radius 1 is 1.19 bits per heavy atom. The van der Waals surface area contributed by atoms with Crippen molar-refractivity contribution in [1.29, 1.82) is 0 Å². The van der Waals surface area contributed by atoms with Gasteiger partial charge >= 0.3 is 0 Å². The highest BCUT2D eigenvalue weighted by molar-refractivity contribution is 7.59.